The van der Waals surface area contributed by atoms with Crippen molar-refractivity contribution >= 4 is 23.0 Å². The van der Waals surface area contributed by atoms with Crippen LogP contribution < -0.4 is 5.43 Å². The van der Waals surface area contributed by atoms with Gasteiger partial charge in [0.25, 0.3) is 0 Å². The molecule has 0 bridgehead atoms. The number of rotatable bonds is 3. The Morgan fingerprint density at radius 1 is 1.47 bits per heavy atom. The summed E-state index contributed by atoms with van der Waals surface area (Å²) in [4.78, 5) is 23.2. The molecular formula is C14H12O5. The first-order valence-electron chi connectivity index (χ1n) is 5.71. The Kier molecular flexibility index (Phi) is 3.66. The normalized spacial score (nSPS) is 11.0. The number of fused-ring (bicyclic) bond motifs is 1. The molecule has 98 valence electrons. The number of phenols is 1. The number of aromatic hydroxyl groups is 1. The Hall–Kier alpha value is -2.56. The van der Waals surface area contributed by atoms with Crippen LogP contribution >= 0.6 is 0 Å². The quantitative estimate of drug-likeness (QED) is 0.675. The molecule has 5 heteroatoms. The van der Waals surface area contributed by atoms with Crippen LogP contribution in [0.1, 0.15) is 12.5 Å². The van der Waals surface area contributed by atoms with Crippen LogP contribution in [0.25, 0.3) is 17.0 Å². The van der Waals surface area contributed by atoms with Gasteiger partial charge >= 0.3 is 5.97 Å². The zero-order valence-corrected chi connectivity index (χ0v) is 10.3. The fraction of sp³-hybridized carbons (Fsp3) is 0.143. The van der Waals surface area contributed by atoms with Gasteiger partial charge in [-0.15, -0.1) is 0 Å². The molecule has 0 amide bonds. The average molecular weight is 260 g/mol. The molecule has 1 aromatic heterocycles. The van der Waals surface area contributed by atoms with Gasteiger partial charge in [-0.25, -0.2) is 4.79 Å². The lowest BCUT2D eigenvalue weighted by Crippen LogP contribution is -2.05. The van der Waals surface area contributed by atoms with Gasteiger partial charge in [0, 0.05) is 12.1 Å². The Labute approximate surface area is 108 Å². The maximum absolute atomic E-state index is 12.1. The Morgan fingerprint density at radius 3 is 3.00 bits per heavy atom. The average Bonchev–Trinajstić information content (AvgIpc) is 2.38. The van der Waals surface area contributed by atoms with Crippen molar-refractivity contribution < 1.29 is 19.1 Å². The number of ether oxygens (including phenoxy) is 1. The second kappa shape index (κ2) is 5.39. The third kappa shape index (κ3) is 2.82. The first-order valence-corrected chi connectivity index (χ1v) is 5.71. The molecule has 2 rings (SSSR count). The highest BCUT2D eigenvalue weighted by Crippen LogP contribution is 2.17. The van der Waals surface area contributed by atoms with E-state index in [1.54, 1.807) is 6.92 Å². The minimum absolute atomic E-state index is 0.0189. The largest absolute Gasteiger partial charge is 0.508 e. The van der Waals surface area contributed by atoms with Crippen LogP contribution in [0, 0.1) is 0 Å². The summed E-state index contributed by atoms with van der Waals surface area (Å²) >= 11 is 0. The van der Waals surface area contributed by atoms with Crippen molar-refractivity contribution in [3.63, 3.8) is 0 Å². The molecule has 0 saturated heterocycles. The minimum atomic E-state index is -0.521. The molecule has 1 N–H and O–H groups in total. The van der Waals surface area contributed by atoms with Gasteiger partial charge in [0.15, 0.2) is 5.43 Å². The van der Waals surface area contributed by atoms with E-state index in [1.807, 2.05) is 0 Å². The van der Waals surface area contributed by atoms with Gasteiger partial charge in [-0.1, -0.05) is 0 Å². The Morgan fingerprint density at radius 2 is 2.26 bits per heavy atom. The summed E-state index contributed by atoms with van der Waals surface area (Å²) in [5, 5.41) is 9.63. The second-order valence-corrected chi connectivity index (χ2v) is 3.79. The molecule has 19 heavy (non-hydrogen) atoms. The number of hydrogen-bond acceptors (Lipinski definition) is 5. The van der Waals surface area contributed by atoms with Crippen molar-refractivity contribution in [1.82, 2.24) is 0 Å². The predicted octanol–water partition coefficient (Wildman–Crippen LogP) is 2.07. The number of phenolic OH excluding ortho intramolecular Hbond substituents is 1. The summed E-state index contributed by atoms with van der Waals surface area (Å²) < 4.78 is 9.95. The van der Waals surface area contributed by atoms with Crippen LogP contribution in [0.5, 0.6) is 5.75 Å². The number of benzene rings is 1. The lowest BCUT2D eigenvalue weighted by molar-refractivity contribution is -0.137. The summed E-state index contributed by atoms with van der Waals surface area (Å²) in [6.45, 7) is 1.97. The second-order valence-electron chi connectivity index (χ2n) is 3.79. The lowest BCUT2D eigenvalue weighted by Gasteiger charge is -1.99. The van der Waals surface area contributed by atoms with Crippen molar-refractivity contribution in [2.45, 2.75) is 6.92 Å². The molecule has 0 atom stereocenters. The van der Waals surface area contributed by atoms with E-state index in [4.69, 9.17) is 9.15 Å². The van der Waals surface area contributed by atoms with Crippen molar-refractivity contribution in [3.05, 3.63) is 46.3 Å². The number of carbonyl (C=O) groups is 1. The van der Waals surface area contributed by atoms with Crippen LogP contribution in [0.4, 0.5) is 0 Å². The first kappa shape index (κ1) is 12.9. The summed E-state index contributed by atoms with van der Waals surface area (Å²) in [5.41, 5.74) is 0.256. The number of carbonyl (C=O) groups excluding carboxylic acids is 1. The van der Waals surface area contributed by atoms with Gasteiger partial charge < -0.3 is 14.3 Å². The molecule has 0 unspecified atom stereocenters. The molecule has 0 fully saturated rings. The molecule has 0 aliphatic rings. The standard InChI is InChI=1S/C14H12O5/c1-2-18-13(16)6-3-9-8-19-12-7-10(15)4-5-11(12)14(9)17/h3-8,15H,2H2,1H3/b6-3+. The van der Waals surface area contributed by atoms with E-state index >= 15 is 0 Å². The molecule has 1 aromatic carbocycles. The highest BCUT2D eigenvalue weighted by atomic mass is 16.5. The fourth-order valence-corrected chi connectivity index (χ4v) is 1.60. The van der Waals surface area contributed by atoms with E-state index in [9.17, 15) is 14.7 Å². The van der Waals surface area contributed by atoms with Crippen molar-refractivity contribution in [2.24, 2.45) is 0 Å². The third-order valence-electron chi connectivity index (χ3n) is 2.47. The molecule has 0 aliphatic heterocycles. The number of esters is 1. The van der Waals surface area contributed by atoms with Gasteiger partial charge in [-0.3, -0.25) is 4.79 Å². The van der Waals surface area contributed by atoms with Crippen LogP contribution in [0.15, 0.2) is 39.7 Å². The summed E-state index contributed by atoms with van der Waals surface area (Å²) in [5.74, 6) is -0.502. The van der Waals surface area contributed by atoms with Crippen LogP contribution in [0.2, 0.25) is 0 Å². The Bertz CT molecular complexity index is 697. The van der Waals surface area contributed by atoms with Gasteiger partial charge in [0.2, 0.25) is 0 Å². The zero-order chi connectivity index (χ0) is 13.8. The maximum atomic E-state index is 12.1. The molecular weight excluding hydrogens is 248 g/mol. The minimum Gasteiger partial charge on any atom is -0.508 e. The fourth-order valence-electron chi connectivity index (χ4n) is 1.60. The lowest BCUT2D eigenvalue weighted by atomic mass is 10.1. The maximum Gasteiger partial charge on any atom is 0.330 e. The van der Waals surface area contributed by atoms with Crippen LogP contribution in [-0.2, 0) is 9.53 Å². The zero-order valence-electron chi connectivity index (χ0n) is 10.3. The van der Waals surface area contributed by atoms with E-state index in [0.717, 1.165) is 0 Å². The van der Waals surface area contributed by atoms with Gasteiger partial charge in [-0.2, -0.15) is 0 Å². The molecule has 0 aliphatic carbocycles. The predicted molar refractivity (Wildman–Crippen MR) is 69.8 cm³/mol. The van der Waals surface area contributed by atoms with Crippen molar-refractivity contribution in [3.8, 4) is 5.75 Å². The molecule has 2 aromatic rings. The van der Waals surface area contributed by atoms with Crippen LogP contribution in [-0.4, -0.2) is 17.7 Å². The van der Waals surface area contributed by atoms with Gasteiger partial charge in [-0.05, 0) is 25.1 Å². The van der Waals surface area contributed by atoms with E-state index in [-0.39, 0.29) is 23.3 Å². The van der Waals surface area contributed by atoms with Gasteiger partial charge in [0.1, 0.15) is 17.6 Å². The topological polar surface area (TPSA) is 76.7 Å². The highest BCUT2D eigenvalue weighted by Gasteiger charge is 2.06. The summed E-state index contributed by atoms with van der Waals surface area (Å²) in [7, 11) is 0. The highest BCUT2D eigenvalue weighted by molar-refractivity contribution is 5.88. The molecule has 0 radical (unpaired) electrons. The third-order valence-corrected chi connectivity index (χ3v) is 2.47. The Balaban J connectivity index is 2.41. The van der Waals surface area contributed by atoms with Gasteiger partial charge in [0.05, 0.1) is 17.6 Å². The SMILES string of the molecule is CCOC(=O)/C=C/c1coc2cc(O)ccc2c1=O. The monoisotopic (exact) mass is 260 g/mol. The molecule has 1 heterocycles. The molecule has 0 spiro atoms. The van der Waals surface area contributed by atoms with E-state index in [1.165, 1.54) is 36.6 Å². The van der Waals surface area contributed by atoms with Crippen LogP contribution in [0.3, 0.4) is 0 Å². The van der Waals surface area contributed by atoms with E-state index < -0.39 is 5.97 Å². The summed E-state index contributed by atoms with van der Waals surface area (Å²) in [6.07, 6.45) is 3.75. The summed E-state index contributed by atoms with van der Waals surface area (Å²) in [6, 6.07) is 4.23. The smallest absolute Gasteiger partial charge is 0.330 e. The van der Waals surface area contributed by atoms with Crippen molar-refractivity contribution in [2.75, 3.05) is 6.61 Å². The molecule has 0 saturated carbocycles. The molecule has 5 nitrogen and oxygen atoms in total. The number of hydrogen-bond donors (Lipinski definition) is 1. The van der Waals surface area contributed by atoms with E-state index in [0.29, 0.717) is 11.0 Å². The van der Waals surface area contributed by atoms with E-state index in [2.05, 4.69) is 0 Å². The first-order chi connectivity index (χ1) is 9.11. The van der Waals surface area contributed by atoms with Crippen molar-refractivity contribution in [1.29, 1.82) is 0 Å².